The van der Waals surface area contributed by atoms with Crippen molar-refractivity contribution in [3.63, 3.8) is 0 Å². The second-order valence-corrected chi connectivity index (χ2v) is 7.10. The first-order chi connectivity index (χ1) is 12.4. The average molecular weight is 407 g/mol. The Bertz CT molecular complexity index is 974. The predicted molar refractivity (Wildman–Crippen MR) is 106 cm³/mol. The Morgan fingerprint density at radius 1 is 0.923 bits per heavy atom. The Kier molecular flexibility index (Phi) is 5.46. The van der Waals surface area contributed by atoms with Crippen molar-refractivity contribution >= 4 is 57.9 Å². The predicted octanol–water partition coefficient (Wildman–Crippen LogP) is 6.06. The van der Waals surface area contributed by atoms with Crippen LogP contribution in [0.1, 0.15) is 9.67 Å². The molecule has 1 aromatic heterocycles. The summed E-state index contributed by atoms with van der Waals surface area (Å²) in [6.07, 6.45) is 0. The third-order valence-electron chi connectivity index (χ3n) is 3.41. The maximum Gasteiger partial charge on any atom is 0.348 e. The highest BCUT2D eigenvalue weighted by Gasteiger charge is 2.18. The van der Waals surface area contributed by atoms with Gasteiger partial charge in [0.1, 0.15) is 4.88 Å². The number of benzene rings is 2. The molecule has 0 radical (unpaired) electrons. The largest absolute Gasteiger partial charge is 0.477 e. The molecule has 5 nitrogen and oxygen atoms in total. The minimum atomic E-state index is -1.13. The van der Waals surface area contributed by atoms with E-state index in [0.717, 1.165) is 11.3 Å². The number of hydrogen-bond acceptors (Lipinski definition) is 3. The van der Waals surface area contributed by atoms with E-state index >= 15 is 0 Å². The van der Waals surface area contributed by atoms with Crippen LogP contribution in [0.25, 0.3) is 10.4 Å². The third kappa shape index (κ3) is 4.16. The molecule has 0 saturated heterocycles. The first kappa shape index (κ1) is 18.3. The summed E-state index contributed by atoms with van der Waals surface area (Å²) in [7, 11) is 0. The second kappa shape index (κ2) is 7.78. The van der Waals surface area contributed by atoms with E-state index in [1.54, 1.807) is 48.5 Å². The van der Waals surface area contributed by atoms with E-state index in [-0.39, 0.29) is 10.6 Å². The van der Waals surface area contributed by atoms with Gasteiger partial charge in [0.15, 0.2) is 0 Å². The van der Waals surface area contributed by atoms with Gasteiger partial charge >= 0.3 is 12.0 Å². The van der Waals surface area contributed by atoms with E-state index in [1.807, 2.05) is 6.07 Å². The van der Waals surface area contributed by atoms with Gasteiger partial charge in [-0.15, -0.1) is 11.3 Å². The van der Waals surface area contributed by atoms with Gasteiger partial charge < -0.3 is 15.7 Å². The fourth-order valence-electron chi connectivity index (χ4n) is 2.24. The lowest BCUT2D eigenvalue weighted by molar-refractivity contribution is 0.0703. The van der Waals surface area contributed by atoms with E-state index in [0.29, 0.717) is 26.2 Å². The van der Waals surface area contributed by atoms with Crippen LogP contribution in [0.5, 0.6) is 0 Å². The Balaban J connectivity index is 1.86. The molecule has 0 unspecified atom stereocenters. The van der Waals surface area contributed by atoms with Crippen molar-refractivity contribution in [3.8, 4) is 10.4 Å². The van der Waals surface area contributed by atoms with Gasteiger partial charge in [-0.25, -0.2) is 9.59 Å². The second-order valence-electron chi connectivity index (χ2n) is 5.23. The molecule has 8 heteroatoms. The van der Waals surface area contributed by atoms with Crippen LogP contribution in [0.3, 0.4) is 0 Å². The van der Waals surface area contributed by atoms with Gasteiger partial charge in [-0.05, 0) is 35.9 Å². The van der Waals surface area contributed by atoms with E-state index in [4.69, 9.17) is 23.2 Å². The van der Waals surface area contributed by atoms with Crippen molar-refractivity contribution in [1.82, 2.24) is 0 Å². The molecule has 3 N–H and O–H groups in total. The number of para-hydroxylation sites is 1. The third-order valence-corrected chi connectivity index (χ3v) is 5.32. The molecule has 132 valence electrons. The molecule has 3 aromatic rings. The zero-order valence-electron chi connectivity index (χ0n) is 13.1. The first-order valence-electron chi connectivity index (χ1n) is 7.39. The summed E-state index contributed by atoms with van der Waals surface area (Å²) in [4.78, 5) is 24.3. The minimum absolute atomic E-state index is 0.0225. The first-order valence-corrected chi connectivity index (χ1v) is 8.97. The molecular weight excluding hydrogens is 395 g/mol. The van der Waals surface area contributed by atoms with Crippen LogP contribution < -0.4 is 10.6 Å². The summed E-state index contributed by atoms with van der Waals surface area (Å²) < 4.78 is 0. The summed E-state index contributed by atoms with van der Waals surface area (Å²) in [5.74, 6) is -1.13. The normalized spacial score (nSPS) is 10.4. The van der Waals surface area contributed by atoms with E-state index in [9.17, 15) is 14.7 Å². The number of urea groups is 1. The number of thiophene rings is 1. The topological polar surface area (TPSA) is 78.4 Å². The number of nitrogens with one attached hydrogen (secondary N) is 2. The Labute approximate surface area is 163 Å². The molecule has 26 heavy (non-hydrogen) atoms. The van der Waals surface area contributed by atoms with Gasteiger partial charge in [0.2, 0.25) is 0 Å². The van der Waals surface area contributed by atoms with Crippen molar-refractivity contribution < 1.29 is 14.7 Å². The van der Waals surface area contributed by atoms with Crippen LogP contribution in [0, 0.1) is 0 Å². The molecule has 0 fully saturated rings. The van der Waals surface area contributed by atoms with Gasteiger partial charge in [0.05, 0.1) is 15.7 Å². The van der Waals surface area contributed by atoms with Crippen LogP contribution in [-0.2, 0) is 0 Å². The van der Waals surface area contributed by atoms with Gasteiger partial charge in [-0.2, -0.15) is 0 Å². The number of rotatable bonds is 4. The molecule has 0 aliphatic heterocycles. The van der Waals surface area contributed by atoms with Crippen molar-refractivity contribution in [1.29, 1.82) is 0 Å². The molecule has 3 rings (SSSR count). The van der Waals surface area contributed by atoms with Crippen LogP contribution in [0.15, 0.2) is 54.6 Å². The highest BCUT2D eigenvalue weighted by molar-refractivity contribution is 7.18. The van der Waals surface area contributed by atoms with Gasteiger partial charge in [0, 0.05) is 10.6 Å². The highest BCUT2D eigenvalue weighted by atomic mass is 35.5. The number of carbonyl (C=O) groups is 2. The molecule has 0 spiro atoms. The number of halogens is 2. The number of anilines is 2. The maximum absolute atomic E-state index is 12.2. The molecule has 0 bridgehead atoms. The van der Waals surface area contributed by atoms with Crippen LogP contribution in [-0.4, -0.2) is 17.1 Å². The van der Waals surface area contributed by atoms with Crippen LogP contribution in [0.4, 0.5) is 16.2 Å². The summed E-state index contributed by atoms with van der Waals surface area (Å²) in [5.41, 5.74) is 1.52. The Hall–Kier alpha value is -2.54. The molecule has 0 aliphatic rings. The van der Waals surface area contributed by atoms with E-state index in [2.05, 4.69) is 10.6 Å². The lowest BCUT2D eigenvalue weighted by Crippen LogP contribution is -2.20. The molecule has 0 atom stereocenters. The minimum Gasteiger partial charge on any atom is -0.477 e. The molecular formula is C18H12Cl2N2O3S. The molecule has 1 heterocycles. The summed E-state index contributed by atoms with van der Waals surface area (Å²) in [6.45, 7) is 0. The fraction of sp³-hybridized carbons (Fsp3) is 0. The van der Waals surface area contributed by atoms with Gasteiger partial charge in [-0.1, -0.05) is 47.5 Å². The monoisotopic (exact) mass is 406 g/mol. The van der Waals surface area contributed by atoms with Crippen molar-refractivity contribution in [2.24, 2.45) is 0 Å². The number of aromatic carboxylic acids is 1. The molecule has 2 aromatic carbocycles. The molecule has 0 saturated carbocycles. The fourth-order valence-corrected chi connectivity index (χ4v) is 3.49. The number of carboxylic acid groups (broad SMARTS) is 1. The van der Waals surface area contributed by atoms with Crippen molar-refractivity contribution in [2.45, 2.75) is 0 Å². The van der Waals surface area contributed by atoms with Crippen molar-refractivity contribution in [2.75, 3.05) is 10.6 Å². The SMILES string of the molecule is O=C(Nc1ccccc1)Nc1cc(-c2ccc(Cl)c(Cl)c2)sc1C(=O)O. The Morgan fingerprint density at radius 3 is 2.31 bits per heavy atom. The van der Waals surface area contributed by atoms with Crippen molar-refractivity contribution in [3.05, 3.63) is 69.5 Å². The highest BCUT2D eigenvalue weighted by Crippen LogP contribution is 2.37. The van der Waals surface area contributed by atoms with Crippen LogP contribution >= 0.6 is 34.5 Å². The number of amides is 2. The zero-order chi connectivity index (χ0) is 18.7. The Morgan fingerprint density at radius 2 is 1.65 bits per heavy atom. The number of hydrogen-bond donors (Lipinski definition) is 3. The van der Waals surface area contributed by atoms with E-state index < -0.39 is 12.0 Å². The summed E-state index contributed by atoms with van der Waals surface area (Å²) in [5, 5.41) is 15.4. The summed E-state index contributed by atoms with van der Waals surface area (Å²) in [6, 6.07) is 14.9. The molecule has 0 aliphatic carbocycles. The quantitative estimate of drug-likeness (QED) is 0.492. The number of carboxylic acids is 1. The van der Waals surface area contributed by atoms with Gasteiger partial charge in [-0.3, -0.25) is 0 Å². The maximum atomic E-state index is 12.2. The standard InChI is InChI=1S/C18H12Cl2N2O3S/c19-12-7-6-10(8-13(12)20)15-9-14(16(26-15)17(23)24)22-18(25)21-11-4-2-1-3-5-11/h1-9H,(H,23,24)(H2,21,22,25). The van der Waals surface area contributed by atoms with E-state index in [1.165, 1.54) is 0 Å². The van der Waals surface area contributed by atoms with Crippen LogP contribution in [0.2, 0.25) is 10.0 Å². The average Bonchev–Trinajstić information content (AvgIpc) is 3.02. The number of carbonyl (C=O) groups excluding carboxylic acids is 1. The molecule has 2 amide bonds. The smallest absolute Gasteiger partial charge is 0.348 e. The lowest BCUT2D eigenvalue weighted by atomic mass is 10.2. The summed E-state index contributed by atoms with van der Waals surface area (Å²) >= 11 is 13.0. The lowest BCUT2D eigenvalue weighted by Gasteiger charge is -2.06. The van der Waals surface area contributed by atoms with Gasteiger partial charge in [0.25, 0.3) is 0 Å². The zero-order valence-corrected chi connectivity index (χ0v) is 15.5.